The predicted molar refractivity (Wildman–Crippen MR) is 76.2 cm³/mol. The molecule has 2 aromatic rings. The SMILES string of the molecule is COCCCC(=O)Nc1cc(C)cc2cccnc12. The van der Waals surface area contributed by atoms with Crippen molar-refractivity contribution in [2.75, 3.05) is 19.0 Å². The van der Waals surface area contributed by atoms with Crippen LogP contribution in [0.15, 0.2) is 30.5 Å². The molecule has 0 saturated carbocycles. The molecule has 2 rings (SSSR count). The number of fused-ring (bicyclic) bond motifs is 1. The summed E-state index contributed by atoms with van der Waals surface area (Å²) >= 11 is 0. The number of amides is 1. The standard InChI is InChI=1S/C15H18N2O2/c1-11-9-12-5-3-7-16-15(12)13(10-11)17-14(18)6-4-8-19-2/h3,5,7,9-10H,4,6,8H2,1-2H3,(H,17,18). The van der Waals surface area contributed by atoms with Gasteiger partial charge in [-0.25, -0.2) is 0 Å². The molecule has 0 aliphatic heterocycles. The molecule has 0 aliphatic carbocycles. The summed E-state index contributed by atoms with van der Waals surface area (Å²) in [5.41, 5.74) is 2.71. The summed E-state index contributed by atoms with van der Waals surface area (Å²) in [5, 5.41) is 3.96. The fraction of sp³-hybridized carbons (Fsp3) is 0.333. The fourth-order valence-corrected chi connectivity index (χ4v) is 2.03. The second kappa shape index (κ2) is 6.29. The molecular formula is C15H18N2O2. The van der Waals surface area contributed by atoms with Crippen LogP contribution in [-0.4, -0.2) is 24.6 Å². The van der Waals surface area contributed by atoms with Crippen LogP contribution in [0.1, 0.15) is 18.4 Å². The topological polar surface area (TPSA) is 51.2 Å². The number of aromatic nitrogens is 1. The van der Waals surface area contributed by atoms with E-state index in [9.17, 15) is 4.79 Å². The van der Waals surface area contributed by atoms with Gasteiger partial charge in [0, 0.05) is 31.7 Å². The highest BCUT2D eigenvalue weighted by molar-refractivity contribution is 6.00. The zero-order valence-corrected chi connectivity index (χ0v) is 11.3. The van der Waals surface area contributed by atoms with Crippen molar-refractivity contribution in [2.45, 2.75) is 19.8 Å². The van der Waals surface area contributed by atoms with Gasteiger partial charge in [-0.05, 0) is 37.1 Å². The lowest BCUT2D eigenvalue weighted by Crippen LogP contribution is -2.12. The number of methoxy groups -OCH3 is 1. The molecule has 0 spiro atoms. The predicted octanol–water partition coefficient (Wildman–Crippen LogP) is 2.91. The van der Waals surface area contributed by atoms with E-state index in [-0.39, 0.29) is 5.91 Å². The molecule has 1 aromatic heterocycles. The molecule has 0 atom stereocenters. The second-order valence-electron chi connectivity index (χ2n) is 4.53. The largest absolute Gasteiger partial charge is 0.385 e. The number of carbonyl (C=O) groups excluding carboxylic acids is 1. The molecule has 1 aromatic carbocycles. The molecule has 0 aliphatic rings. The number of aryl methyl sites for hydroxylation is 1. The van der Waals surface area contributed by atoms with Gasteiger partial charge in [-0.2, -0.15) is 0 Å². The first-order valence-electron chi connectivity index (χ1n) is 6.35. The fourth-order valence-electron chi connectivity index (χ4n) is 2.03. The molecule has 4 nitrogen and oxygen atoms in total. The number of benzene rings is 1. The van der Waals surface area contributed by atoms with Crippen molar-refractivity contribution in [1.29, 1.82) is 0 Å². The van der Waals surface area contributed by atoms with E-state index in [1.807, 2.05) is 25.1 Å². The van der Waals surface area contributed by atoms with Crippen molar-refractivity contribution < 1.29 is 9.53 Å². The van der Waals surface area contributed by atoms with Gasteiger partial charge in [-0.15, -0.1) is 0 Å². The number of hydrogen-bond donors (Lipinski definition) is 1. The van der Waals surface area contributed by atoms with E-state index >= 15 is 0 Å². The molecule has 0 bridgehead atoms. The summed E-state index contributed by atoms with van der Waals surface area (Å²) in [4.78, 5) is 16.2. The number of hydrogen-bond acceptors (Lipinski definition) is 3. The van der Waals surface area contributed by atoms with E-state index in [0.717, 1.165) is 28.6 Å². The highest BCUT2D eigenvalue weighted by Gasteiger charge is 2.07. The van der Waals surface area contributed by atoms with E-state index in [4.69, 9.17) is 4.74 Å². The third-order valence-electron chi connectivity index (χ3n) is 2.88. The van der Waals surface area contributed by atoms with Crippen LogP contribution in [0.5, 0.6) is 0 Å². The Morgan fingerprint density at radius 2 is 2.26 bits per heavy atom. The third-order valence-corrected chi connectivity index (χ3v) is 2.88. The van der Waals surface area contributed by atoms with Crippen molar-refractivity contribution in [3.63, 3.8) is 0 Å². The maximum Gasteiger partial charge on any atom is 0.224 e. The van der Waals surface area contributed by atoms with Crippen LogP contribution in [0, 0.1) is 6.92 Å². The van der Waals surface area contributed by atoms with Crippen LogP contribution in [0.2, 0.25) is 0 Å². The van der Waals surface area contributed by atoms with E-state index in [2.05, 4.69) is 16.4 Å². The Morgan fingerprint density at radius 3 is 3.05 bits per heavy atom. The smallest absolute Gasteiger partial charge is 0.224 e. The van der Waals surface area contributed by atoms with Gasteiger partial charge in [0.25, 0.3) is 0 Å². The summed E-state index contributed by atoms with van der Waals surface area (Å²) in [6.07, 6.45) is 2.91. The van der Waals surface area contributed by atoms with Crippen LogP contribution in [0.25, 0.3) is 10.9 Å². The van der Waals surface area contributed by atoms with Gasteiger partial charge in [0.2, 0.25) is 5.91 Å². The zero-order chi connectivity index (χ0) is 13.7. The quantitative estimate of drug-likeness (QED) is 0.839. The van der Waals surface area contributed by atoms with Crippen LogP contribution in [0.3, 0.4) is 0 Å². The molecule has 0 fully saturated rings. The molecular weight excluding hydrogens is 240 g/mol. The number of carbonyl (C=O) groups is 1. The third kappa shape index (κ3) is 3.51. The lowest BCUT2D eigenvalue weighted by atomic mass is 10.1. The Balaban J connectivity index is 2.18. The number of nitrogens with zero attached hydrogens (tertiary/aromatic N) is 1. The zero-order valence-electron chi connectivity index (χ0n) is 11.3. The van der Waals surface area contributed by atoms with Crippen LogP contribution < -0.4 is 5.32 Å². The first kappa shape index (κ1) is 13.5. The highest BCUT2D eigenvalue weighted by Crippen LogP contribution is 2.23. The minimum absolute atomic E-state index is 0.00500. The monoisotopic (exact) mass is 258 g/mol. The number of rotatable bonds is 5. The van der Waals surface area contributed by atoms with Crippen molar-refractivity contribution in [1.82, 2.24) is 4.98 Å². The van der Waals surface area contributed by atoms with E-state index in [1.165, 1.54) is 0 Å². The van der Waals surface area contributed by atoms with E-state index < -0.39 is 0 Å². The normalized spacial score (nSPS) is 10.6. The van der Waals surface area contributed by atoms with Crippen molar-refractivity contribution in [3.8, 4) is 0 Å². The number of pyridine rings is 1. The Labute approximate surface area is 112 Å². The Bertz CT molecular complexity index is 581. The molecule has 0 radical (unpaired) electrons. The molecule has 0 unspecified atom stereocenters. The number of ether oxygens (including phenoxy) is 1. The van der Waals surface area contributed by atoms with Gasteiger partial charge in [0.1, 0.15) is 0 Å². The van der Waals surface area contributed by atoms with Gasteiger partial charge in [-0.3, -0.25) is 9.78 Å². The first-order chi connectivity index (χ1) is 9.20. The van der Waals surface area contributed by atoms with Crippen molar-refractivity contribution in [2.24, 2.45) is 0 Å². The van der Waals surface area contributed by atoms with Crippen LogP contribution in [-0.2, 0) is 9.53 Å². The molecule has 100 valence electrons. The summed E-state index contributed by atoms with van der Waals surface area (Å²) in [6.45, 7) is 2.60. The first-order valence-corrected chi connectivity index (χ1v) is 6.35. The van der Waals surface area contributed by atoms with Gasteiger partial charge < -0.3 is 10.1 Å². The lowest BCUT2D eigenvalue weighted by molar-refractivity contribution is -0.116. The second-order valence-corrected chi connectivity index (χ2v) is 4.53. The highest BCUT2D eigenvalue weighted by atomic mass is 16.5. The maximum atomic E-state index is 11.8. The molecule has 1 heterocycles. The molecule has 0 saturated heterocycles. The summed E-state index contributed by atoms with van der Waals surface area (Å²) in [6, 6.07) is 7.90. The Kier molecular flexibility index (Phi) is 4.47. The van der Waals surface area contributed by atoms with E-state index in [1.54, 1.807) is 13.3 Å². The molecule has 4 heteroatoms. The average Bonchev–Trinajstić information content (AvgIpc) is 2.39. The minimum Gasteiger partial charge on any atom is -0.385 e. The van der Waals surface area contributed by atoms with Gasteiger partial charge in [0.15, 0.2) is 0 Å². The average molecular weight is 258 g/mol. The van der Waals surface area contributed by atoms with Crippen LogP contribution >= 0.6 is 0 Å². The molecule has 1 N–H and O–H groups in total. The van der Waals surface area contributed by atoms with Gasteiger partial charge >= 0.3 is 0 Å². The minimum atomic E-state index is -0.00500. The van der Waals surface area contributed by atoms with Crippen molar-refractivity contribution >= 4 is 22.5 Å². The van der Waals surface area contributed by atoms with Gasteiger partial charge in [0.05, 0.1) is 11.2 Å². The number of anilines is 1. The van der Waals surface area contributed by atoms with Gasteiger partial charge in [-0.1, -0.05) is 6.07 Å². The molecule has 19 heavy (non-hydrogen) atoms. The summed E-state index contributed by atoms with van der Waals surface area (Å²) in [5.74, 6) is -0.00500. The summed E-state index contributed by atoms with van der Waals surface area (Å²) in [7, 11) is 1.63. The maximum absolute atomic E-state index is 11.8. The Hall–Kier alpha value is -1.94. The van der Waals surface area contributed by atoms with Crippen LogP contribution in [0.4, 0.5) is 5.69 Å². The Morgan fingerprint density at radius 1 is 1.42 bits per heavy atom. The van der Waals surface area contributed by atoms with Crippen molar-refractivity contribution in [3.05, 3.63) is 36.0 Å². The summed E-state index contributed by atoms with van der Waals surface area (Å²) < 4.78 is 4.94. The van der Waals surface area contributed by atoms with E-state index in [0.29, 0.717) is 13.0 Å². The lowest BCUT2D eigenvalue weighted by Gasteiger charge is -2.09. The molecule has 1 amide bonds. The number of nitrogens with one attached hydrogen (secondary N) is 1.